The Morgan fingerprint density at radius 3 is 2.35 bits per heavy atom. The molecule has 0 bridgehead atoms. The summed E-state index contributed by atoms with van der Waals surface area (Å²) in [4.78, 5) is 11.3. The van der Waals surface area contributed by atoms with Gasteiger partial charge in [-0.1, -0.05) is 42.5 Å². The SMILES string of the molecule is O=C(O)c1ccc(B(O)O)c2c1ccc1ccccc12. The largest absolute Gasteiger partial charge is 0.489 e. The quantitative estimate of drug-likeness (QED) is 0.483. The van der Waals surface area contributed by atoms with Crippen molar-refractivity contribution in [2.75, 3.05) is 0 Å². The monoisotopic (exact) mass is 266 g/mol. The number of carboxylic acids is 1. The van der Waals surface area contributed by atoms with Gasteiger partial charge in [0.2, 0.25) is 0 Å². The van der Waals surface area contributed by atoms with Gasteiger partial charge in [-0.25, -0.2) is 4.79 Å². The highest BCUT2D eigenvalue weighted by molar-refractivity contribution is 6.63. The van der Waals surface area contributed by atoms with Crippen molar-refractivity contribution < 1.29 is 19.9 Å². The summed E-state index contributed by atoms with van der Waals surface area (Å²) in [5.41, 5.74) is 0.456. The van der Waals surface area contributed by atoms with E-state index in [1.807, 2.05) is 30.3 Å². The molecule has 0 heterocycles. The Kier molecular flexibility index (Phi) is 2.93. The van der Waals surface area contributed by atoms with Crippen LogP contribution in [0.3, 0.4) is 0 Å². The number of benzene rings is 3. The third kappa shape index (κ3) is 1.84. The van der Waals surface area contributed by atoms with Crippen LogP contribution in [0.1, 0.15) is 10.4 Å². The molecule has 0 unspecified atom stereocenters. The topological polar surface area (TPSA) is 77.8 Å². The standard InChI is InChI=1S/C15H11BO4/c17-15(18)12-7-8-13(16(19)20)14-10-4-2-1-3-9(10)5-6-11(12)14/h1-8,19-20H,(H,17,18). The van der Waals surface area contributed by atoms with Crippen molar-refractivity contribution in [3.63, 3.8) is 0 Å². The van der Waals surface area contributed by atoms with Crippen molar-refractivity contribution in [3.8, 4) is 0 Å². The van der Waals surface area contributed by atoms with Crippen LogP contribution in [0.25, 0.3) is 21.5 Å². The van der Waals surface area contributed by atoms with E-state index in [2.05, 4.69) is 0 Å². The van der Waals surface area contributed by atoms with Crippen LogP contribution in [0.2, 0.25) is 0 Å². The molecule has 3 N–H and O–H groups in total. The molecule has 3 aromatic rings. The minimum Gasteiger partial charge on any atom is -0.478 e. The first-order valence-corrected chi connectivity index (χ1v) is 6.13. The van der Waals surface area contributed by atoms with Gasteiger partial charge in [0.15, 0.2) is 0 Å². The molecule has 0 aliphatic heterocycles. The summed E-state index contributed by atoms with van der Waals surface area (Å²) in [5.74, 6) is -1.04. The second-order valence-electron chi connectivity index (χ2n) is 4.59. The Bertz CT molecular complexity index is 827. The van der Waals surface area contributed by atoms with Crippen LogP contribution in [0.15, 0.2) is 48.5 Å². The Hall–Kier alpha value is -2.37. The van der Waals surface area contributed by atoms with Crippen molar-refractivity contribution in [2.24, 2.45) is 0 Å². The second-order valence-corrected chi connectivity index (χ2v) is 4.59. The van der Waals surface area contributed by atoms with Crippen molar-refractivity contribution in [1.82, 2.24) is 0 Å². The summed E-state index contributed by atoms with van der Waals surface area (Å²) in [6.07, 6.45) is 0. The van der Waals surface area contributed by atoms with E-state index in [9.17, 15) is 19.9 Å². The molecule has 4 nitrogen and oxygen atoms in total. The average Bonchev–Trinajstić information content (AvgIpc) is 2.45. The van der Waals surface area contributed by atoms with Crippen LogP contribution in [0.5, 0.6) is 0 Å². The van der Waals surface area contributed by atoms with Gasteiger partial charge in [-0.15, -0.1) is 0 Å². The lowest BCUT2D eigenvalue weighted by Crippen LogP contribution is -2.31. The Balaban J connectivity index is 2.56. The molecule has 0 fully saturated rings. The predicted octanol–water partition coefficient (Wildman–Crippen LogP) is 1.37. The fraction of sp³-hybridized carbons (Fsp3) is 0. The minimum atomic E-state index is -1.65. The van der Waals surface area contributed by atoms with Gasteiger partial charge in [0.1, 0.15) is 0 Å². The minimum absolute atomic E-state index is 0.148. The molecule has 0 atom stereocenters. The molecule has 0 saturated carbocycles. The normalized spacial score (nSPS) is 10.9. The highest BCUT2D eigenvalue weighted by Crippen LogP contribution is 2.26. The summed E-state index contributed by atoms with van der Waals surface area (Å²) in [6.45, 7) is 0. The summed E-state index contributed by atoms with van der Waals surface area (Å²) >= 11 is 0. The molecule has 20 heavy (non-hydrogen) atoms. The zero-order valence-corrected chi connectivity index (χ0v) is 10.4. The molecule has 3 rings (SSSR count). The van der Waals surface area contributed by atoms with Crippen LogP contribution in [0, 0.1) is 0 Å². The smallest absolute Gasteiger partial charge is 0.478 e. The Morgan fingerprint density at radius 1 is 0.900 bits per heavy atom. The van der Waals surface area contributed by atoms with Crippen LogP contribution < -0.4 is 5.46 Å². The van der Waals surface area contributed by atoms with Gasteiger partial charge in [0.25, 0.3) is 0 Å². The van der Waals surface area contributed by atoms with Crippen molar-refractivity contribution in [3.05, 3.63) is 54.1 Å². The first-order chi connectivity index (χ1) is 9.59. The van der Waals surface area contributed by atoms with E-state index in [-0.39, 0.29) is 5.56 Å². The van der Waals surface area contributed by atoms with Gasteiger partial charge in [0, 0.05) is 0 Å². The molecule has 0 amide bonds. The molecule has 0 radical (unpaired) electrons. The van der Waals surface area contributed by atoms with Gasteiger partial charge < -0.3 is 15.2 Å². The molecule has 0 spiro atoms. The van der Waals surface area contributed by atoms with E-state index in [1.165, 1.54) is 12.1 Å². The van der Waals surface area contributed by atoms with E-state index in [0.717, 1.165) is 10.8 Å². The highest BCUT2D eigenvalue weighted by Gasteiger charge is 2.20. The third-order valence-electron chi connectivity index (χ3n) is 3.45. The van der Waals surface area contributed by atoms with Crippen LogP contribution >= 0.6 is 0 Å². The van der Waals surface area contributed by atoms with Gasteiger partial charge in [-0.3, -0.25) is 0 Å². The summed E-state index contributed by atoms with van der Waals surface area (Å²) in [5, 5.41) is 31.1. The van der Waals surface area contributed by atoms with E-state index in [4.69, 9.17) is 0 Å². The third-order valence-corrected chi connectivity index (χ3v) is 3.45. The Labute approximate surface area is 115 Å². The first-order valence-electron chi connectivity index (χ1n) is 6.13. The molecule has 0 aliphatic rings. The average molecular weight is 266 g/mol. The number of aromatic carboxylic acids is 1. The number of rotatable bonds is 2. The van der Waals surface area contributed by atoms with Gasteiger partial charge in [0.05, 0.1) is 5.56 Å². The van der Waals surface area contributed by atoms with Gasteiger partial charge in [-0.05, 0) is 33.1 Å². The van der Waals surface area contributed by atoms with E-state index in [0.29, 0.717) is 16.2 Å². The zero-order valence-electron chi connectivity index (χ0n) is 10.4. The van der Waals surface area contributed by atoms with E-state index >= 15 is 0 Å². The van der Waals surface area contributed by atoms with Crippen molar-refractivity contribution >= 4 is 40.1 Å². The van der Waals surface area contributed by atoms with Crippen LogP contribution in [-0.2, 0) is 0 Å². The number of carboxylic acid groups (broad SMARTS) is 1. The number of hydrogen-bond acceptors (Lipinski definition) is 3. The molecular weight excluding hydrogens is 255 g/mol. The molecule has 98 valence electrons. The van der Waals surface area contributed by atoms with Gasteiger partial charge >= 0.3 is 13.1 Å². The lowest BCUT2D eigenvalue weighted by atomic mass is 9.75. The lowest BCUT2D eigenvalue weighted by Gasteiger charge is -2.11. The second kappa shape index (κ2) is 4.63. The fourth-order valence-corrected chi connectivity index (χ4v) is 2.55. The maximum absolute atomic E-state index is 11.3. The summed E-state index contributed by atoms with van der Waals surface area (Å²) in [6, 6.07) is 13.8. The maximum atomic E-state index is 11.3. The molecule has 5 heteroatoms. The summed E-state index contributed by atoms with van der Waals surface area (Å²) in [7, 11) is -1.65. The molecule has 0 aliphatic carbocycles. The number of fused-ring (bicyclic) bond motifs is 3. The number of carbonyl (C=O) groups is 1. The van der Waals surface area contributed by atoms with Crippen LogP contribution in [-0.4, -0.2) is 28.2 Å². The highest BCUT2D eigenvalue weighted by atomic mass is 16.4. The van der Waals surface area contributed by atoms with E-state index in [1.54, 1.807) is 6.07 Å². The Morgan fingerprint density at radius 2 is 1.65 bits per heavy atom. The number of hydrogen-bond donors (Lipinski definition) is 3. The summed E-state index contributed by atoms with van der Waals surface area (Å²) < 4.78 is 0. The maximum Gasteiger partial charge on any atom is 0.489 e. The molecule has 0 saturated heterocycles. The molecule has 3 aromatic carbocycles. The zero-order chi connectivity index (χ0) is 14.3. The molecular formula is C15H11BO4. The van der Waals surface area contributed by atoms with E-state index < -0.39 is 13.1 Å². The predicted molar refractivity (Wildman–Crippen MR) is 78.2 cm³/mol. The van der Waals surface area contributed by atoms with Crippen molar-refractivity contribution in [1.29, 1.82) is 0 Å². The fourth-order valence-electron chi connectivity index (χ4n) is 2.55. The van der Waals surface area contributed by atoms with Gasteiger partial charge in [-0.2, -0.15) is 0 Å². The van der Waals surface area contributed by atoms with Crippen molar-refractivity contribution in [2.45, 2.75) is 0 Å². The first kappa shape index (κ1) is 12.7. The molecule has 0 aromatic heterocycles. The lowest BCUT2D eigenvalue weighted by molar-refractivity contribution is 0.0699. The van der Waals surface area contributed by atoms with Crippen LogP contribution in [0.4, 0.5) is 0 Å².